The van der Waals surface area contributed by atoms with Gasteiger partial charge in [0.15, 0.2) is 4.34 Å². The second-order valence-corrected chi connectivity index (χ2v) is 5.02. The van der Waals surface area contributed by atoms with Gasteiger partial charge < -0.3 is 10.1 Å². The molecule has 0 aliphatic heterocycles. The largest absolute Gasteiger partial charge is 0.468 e. The SMILES string of the molecule is CCc1nsc(SCC(NC)C(=O)OC)n1. The Morgan fingerprint density at radius 2 is 2.44 bits per heavy atom. The van der Waals surface area contributed by atoms with Crippen molar-refractivity contribution >= 4 is 29.3 Å². The van der Waals surface area contributed by atoms with Crippen LogP contribution in [-0.4, -0.2) is 41.3 Å². The van der Waals surface area contributed by atoms with Gasteiger partial charge in [-0.1, -0.05) is 18.7 Å². The van der Waals surface area contributed by atoms with Gasteiger partial charge in [-0.05, 0) is 18.6 Å². The van der Waals surface area contributed by atoms with E-state index in [9.17, 15) is 4.79 Å². The van der Waals surface area contributed by atoms with Gasteiger partial charge in [0.25, 0.3) is 0 Å². The van der Waals surface area contributed by atoms with Crippen LogP contribution in [0.3, 0.4) is 0 Å². The van der Waals surface area contributed by atoms with Crippen LogP contribution in [0.15, 0.2) is 4.34 Å². The molecule has 0 spiro atoms. The van der Waals surface area contributed by atoms with E-state index in [-0.39, 0.29) is 12.0 Å². The highest BCUT2D eigenvalue weighted by Crippen LogP contribution is 2.21. The average Bonchev–Trinajstić information content (AvgIpc) is 2.77. The first-order valence-electron chi connectivity index (χ1n) is 4.91. The number of likely N-dealkylation sites (N-methyl/N-ethyl adjacent to an activating group) is 1. The van der Waals surface area contributed by atoms with Gasteiger partial charge in [0, 0.05) is 12.2 Å². The van der Waals surface area contributed by atoms with Crippen molar-refractivity contribution in [2.45, 2.75) is 23.7 Å². The van der Waals surface area contributed by atoms with Crippen LogP contribution >= 0.6 is 23.3 Å². The summed E-state index contributed by atoms with van der Waals surface area (Å²) in [7, 11) is 3.12. The van der Waals surface area contributed by atoms with E-state index < -0.39 is 0 Å². The van der Waals surface area contributed by atoms with Crippen LogP contribution in [0.4, 0.5) is 0 Å². The Kier molecular flexibility index (Phi) is 5.72. The molecule has 0 saturated heterocycles. The van der Waals surface area contributed by atoms with Crippen molar-refractivity contribution in [3.05, 3.63) is 5.82 Å². The van der Waals surface area contributed by atoms with E-state index in [0.29, 0.717) is 5.75 Å². The number of aryl methyl sites for hydroxylation is 1. The molecule has 1 aromatic rings. The summed E-state index contributed by atoms with van der Waals surface area (Å²) in [5.41, 5.74) is 0. The molecule has 0 aromatic carbocycles. The zero-order valence-corrected chi connectivity index (χ0v) is 11.2. The van der Waals surface area contributed by atoms with E-state index in [4.69, 9.17) is 0 Å². The van der Waals surface area contributed by atoms with Crippen molar-refractivity contribution in [1.29, 1.82) is 0 Å². The minimum absolute atomic E-state index is 0.254. The van der Waals surface area contributed by atoms with Crippen molar-refractivity contribution in [2.24, 2.45) is 0 Å². The molecule has 0 aliphatic carbocycles. The number of nitrogens with one attached hydrogen (secondary N) is 1. The Labute approximate surface area is 103 Å². The smallest absolute Gasteiger partial charge is 0.323 e. The molecule has 0 amide bonds. The Morgan fingerprint density at radius 1 is 1.69 bits per heavy atom. The number of methoxy groups -OCH3 is 1. The van der Waals surface area contributed by atoms with Crippen molar-refractivity contribution in [3.8, 4) is 0 Å². The van der Waals surface area contributed by atoms with Gasteiger partial charge in [0.05, 0.1) is 7.11 Å². The van der Waals surface area contributed by atoms with E-state index in [0.717, 1.165) is 16.6 Å². The molecule has 1 N–H and O–H groups in total. The number of rotatable bonds is 6. The number of ether oxygens (including phenoxy) is 1. The summed E-state index contributed by atoms with van der Waals surface area (Å²) in [6.07, 6.45) is 0.837. The van der Waals surface area contributed by atoms with Crippen LogP contribution in [0, 0.1) is 0 Å². The first kappa shape index (κ1) is 13.4. The van der Waals surface area contributed by atoms with Gasteiger partial charge in [-0.25, -0.2) is 4.98 Å². The molecule has 5 nitrogen and oxygen atoms in total. The normalized spacial score (nSPS) is 12.4. The monoisotopic (exact) mass is 261 g/mol. The molecule has 0 radical (unpaired) electrons. The molecule has 7 heteroatoms. The molecule has 16 heavy (non-hydrogen) atoms. The van der Waals surface area contributed by atoms with Crippen LogP contribution in [0.2, 0.25) is 0 Å². The number of hydrogen-bond donors (Lipinski definition) is 1. The highest BCUT2D eigenvalue weighted by molar-refractivity contribution is 8.01. The summed E-state index contributed by atoms with van der Waals surface area (Å²) in [5.74, 6) is 1.20. The number of aromatic nitrogens is 2. The molecular formula is C9H15N3O2S2. The summed E-state index contributed by atoms with van der Waals surface area (Å²) < 4.78 is 9.74. The van der Waals surface area contributed by atoms with Crippen LogP contribution < -0.4 is 5.32 Å². The standard InChI is InChI=1S/C9H15N3O2S2/c1-4-7-11-9(16-12-7)15-5-6(10-2)8(13)14-3/h6,10H,4-5H2,1-3H3. The Morgan fingerprint density at radius 3 is 2.94 bits per heavy atom. The Bertz CT molecular complexity index is 343. The van der Waals surface area contributed by atoms with Crippen molar-refractivity contribution < 1.29 is 9.53 Å². The van der Waals surface area contributed by atoms with Crippen LogP contribution in [0.1, 0.15) is 12.7 Å². The summed E-state index contributed by atoms with van der Waals surface area (Å²) in [5, 5.41) is 2.90. The summed E-state index contributed by atoms with van der Waals surface area (Å²) in [6, 6.07) is -0.302. The maximum absolute atomic E-state index is 11.3. The van der Waals surface area contributed by atoms with E-state index in [1.165, 1.54) is 30.4 Å². The zero-order valence-electron chi connectivity index (χ0n) is 9.52. The maximum Gasteiger partial charge on any atom is 0.323 e. The molecule has 0 saturated carbocycles. The third kappa shape index (κ3) is 3.73. The molecule has 0 aliphatic rings. The molecule has 0 bridgehead atoms. The van der Waals surface area contributed by atoms with Crippen molar-refractivity contribution in [1.82, 2.24) is 14.7 Å². The maximum atomic E-state index is 11.3. The third-order valence-electron chi connectivity index (χ3n) is 1.97. The minimum Gasteiger partial charge on any atom is -0.468 e. The highest BCUT2D eigenvalue weighted by atomic mass is 32.2. The summed E-state index contributed by atoms with van der Waals surface area (Å²) in [4.78, 5) is 15.6. The lowest BCUT2D eigenvalue weighted by molar-refractivity contribution is -0.142. The van der Waals surface area contributed by atoms with Gasteiger partial charge in [-0.2, -0.15) is 4.37 Å². The van der Waals surface area contributed by atoms with E-state index in [2.05, 4.69) is 19.4 Å². The fraction of sp³-hybridized carbons (Fsp3) is 0.667. The lowest BCUT2D eigenvalue weighted by Gasteiger charge is -2.11. The second-order valence-electron chi connectivity index (χ2n) is 3.01. The van der Waals surface area contributed by atoms with Crippen LogP contribution in [0.5, 0.6) is 0 Å². The van der Waals surface area contributed by atoms with Crippen molar-refractivity contribution in [3.63, 3.8) is 0 Å². The minimum atomic E-state index is -0.302. The summed E-state index contributed by atoms with van der Waals surface area (Å²) >= 11 is 2.88. The van der Waals surface area contributed by atoms with Crippen LogP contribution in [-0.2, 0) is 16.0 Å². The molecule has 1 aromatic heterocycles. The van der Waals surface area contributed by atoms with Crippen LogP contribution in [0.25, 0.3) is 0 Å². The van der Waals surface area contributed by atoms with Gasteiger partial charge in [0.1, 0.15) is 11.9 Å². The van der Waals surface area contributed by atoms with E-state index in [1.54, 1.807) is 7.05 Å². The molecule has 1 rings (SSSR count). The number of hydrogen-bond acceptors (Lipinski definition) is 7. The van der Waals surface area contributed by atoms with Crippen molar-refractivity contribution in [2.75, 3.05) is 19.9 Å². The number of thioether (sulfide) groups is 1. The van der Waals surface area contributed by atoms with Gasteiger partial charge in [-0.3, -0.25) is 4.79 Å². The molecular weight excluding hydrogens is 246 g/mol. The molecule has 1 heterocycles. The fourth-order valence-electron chi connectivity index (χ4n) is 1.01. The Balaban J connectivity index is 2.46. The van der Waals surface area contributed by atoms with Gasteiger partial charge in [0.2, 0.25) is 0 Å². The number of esters is 1. The van der Waals surface area contributed by atoms with Gasteiger partial charge >= 0.3 is 5.97 Å². The summed E-state index contributed by atoms with van der Waals surface area (Å²) in [6.45, 7) is 2.02. The van der Waals surface area contributed by atoms with E-state index in [1.807, 2.05) is 6.92 Å². The number of carbonyl (C=O) groups is 1. The first-order valence-corrected chi connectivity index (χ1v) is 6.67. The number of carbonyl (C=O) groups excluding carboxylic acids is 1. The quantitative estimate of drug-likeness (QED) is 0.608. The first-order chi connectivity index (χ1) is 7.71. The molecule has 90 valence electrons. The average molecular weight is 261 g/mol. The number of nitrogens with zero attached hydrogens (tertiary/aromatic N) is 2. The predicted molar refractivity (Wildman–Crippen MR) is 64.9 cm³/mol. The molecule has 0 fully saturated rings. The second kappa shape index (κ2) is 6.82. The lowest BCUT2D eigenvalue weighted by Crippen LogP contribution is -2.37. The highest BCUT2D eigenvalue weighted by Gasteiger charge is 2.17. The van der Waals surface area contributed by atoms with Gasteiger partial charge in [-0.15, -0.1) is 0 Å². The fourth-order valence-corrected chi connectivity index (χ4v) is 2.81. The molecule has 1 unspecified atom stereocenters. The third-order valence-corrected chi connectivity index (χ3v) is 3.94. The molecule has 1 atom stereocenters. The zero-order chi connectivity index (χ0) is 12.0. The lowest BCUT2D eigenvalue weighted by atomic mass is 10.3. The predicted octanol–water partition coefficient (Wildman–Crippen LogP) is 0.954. The Hall–Kier alpha value is -0.660. The topological polar surface area (TPSA) is 64.1 Å². The van der Waals surface area contributed by atoms with E-state index >= 15 is 0 Å².